The van der Waals surface area contributed by atoms with E-state index in [2.05, 4.69) is 15.3 Å². The van der Waals surface area contributed by atoms with Crippen molar-refractivity contribution in [1.82, 2.24) is 9.97 Å². The van der Waals surface area contributed by atoms with Gasteiger partial charge in [0.1, 0.15) is 10.6 Å². The molecule has 0 amide bonds. The molecule has 3 N–H and O–H groups in total. The van der Waals surface area contributed by atoms with Crippen LogP contribution in [0, 0.1) is 0 Å². The van der Waals surface area contributed by atoms with E-state index in [9.17, 15) is 0 Å². The number of nitrogens with one attached hydrogen (secondary N) is 1. The molecule has 1 aromatic rings. The maximum absolute atomic E-state index is 5.96. The van der Waals surface area contributed by atoms with Crippen molar-refractivity contribution in [3.8, 4) is 0 Å². The third-order valence-electron chi connectivity index (χ3n) is 2.84. The maximum atomic E-state index is 5.96. The number of nitrogens with zero attached hydrogens (tertiary/aromatic N) is 2. The van der Waals surface area contributed by atoms with Gasteiger partial charge in [-0.15, -0.1) is 0 Å². The van der Waals surface area contributed by atoms with E-state index in [-0.39, 0.29) is 11.5 Å². The lowest BCUT2D eigenvalue weighted by molar-refractivity contribution is -0.00625. The summed E-state index contributed by atoms with van der Waals surface area (Å²) in [5.74, 6) is 0.702. The number of methoxy groups -OCH3 is 1. The molecule has 0 aromatic carbocycles. The van der Waals surface area contributed by atoms with Gasteiger partial charge in [0.25, 0.3) is 0 Å². The lowest BCUT2D eigenvalue weighted by Crippen LogP contribution is -2.39. The van der Waals surface area contributed by atoms with E-state index in [1.165, 1.54) is 6.20 Å². The van der Waals surface area contributed by atoms with E-state index in [0.717, 1.165) is 6.42 Å². The molecular formula is C10H15ClN4O2. The molecule has 0 radical (unpaired) electrons. The third-order valence-corrected chi connectivity index (χ3v) is 3.12. The van der Waals surface area contributed by atoms with Crippen LogP contribution in [0.1, 0.15) is 6.42 Å². The second-order valence-electron chi connectivity index (χ2n) is 3.97. The zero-order chi connectivity index (χ0) is 12.3. The highest BCUT2D eigenvalue weighted by molar-refractivity contribution is 6.32. The Bertz CT molecular complexity index is 396. The number of nitrogen functional groups attached to an aromatic ring is 1. The fraction of sp³-hybridized carbons (Fsp3) is 0.600. The second-order valence-corrected chi connectivity index (χ2v) is 4.38. The maximum Gasteiger partial charge on any atom is 0.222 e. The van der Waals surface area contributed by atoms with Gasteiger partial charge < -0.3 is 20.5 Å². The number of halogens is 1. The lowest BCUT2D eigenvalue weighted by Gasteiger charge is -2.26. The first kappa shape index (κ1) is 12.3. The summed E-state index contributed by atoms with van der Waals surface area (Å²) in [6.07, 6.45) is 2.31. The van der Waals surface area contributed by atoms with Gasteiger partial charge in [-0.3, -0.25) is 0 Å². The molecule has 1 atom stereocenters. The molecule has 2 rings (SSSR count). The van der Waals surface area contributed by atoms with Crippen LogP contribution in [0.3, 0.4) is 0 Å². The molecule has 0 bridgehead atoms. The summed E-state index contributed by atoms with van der Waals surface area (Å²) in [4.78, 5) is 7.82. The fourth-order valence-electron chi connectivity index (χ4n) is 1.71. The largest absolute Gasteiger partial charge is 0.378 e. The molecule has 2 heterocycles. The Morgan fingerprint density at radius 2 is 2.53 bits per heavy atom. The molecule has 17 heavy (non-hydrogen) atoms. The molecular weight excluding hydrogens is 244 g/mol. The van der Waals surface area contributed by atoms with Crippen LogP contribution >= 0.6 is 11.6 Å². The van der Waals surface area contributed by atoms with Crippen LogP contribution in [0.15, 0.2) is 6.20 Å². The van der Waals surface area contributed by atoms with Crippen LogP contribution in [0.4, 0.5) is 11.8 Å². The van der Waals surface area contributed by atoms with Crippen molar-refractivity contribution in [2.45, 2.75) is 12.0 Å². The van der Waals surface area contributed by atoms with Gasteiger partial charge in [-0.2, -0.15) is 4.98 Å². The van der Waals surface area contributed by atoms with Crippen LogP contribution < -0.4 is 11.1 Å². The van der Waals surface area contributed by atoms with Crippen LogP contribution in [-0.4, -0.2) is 42.4 Å². The van der Waals surface area contributed by atoms with Crippen LogP contribution in [0.2, 0.25) is 5.02 Å². The van der Waals surface area contributed by atoms with Crippen molar-refractivity contribution in [3.63, 3.8) is 0 Å². The standard InChI is InChI=1S/C10H15ClN4O2/c1-16-10(2-3-17-6-10)5-14-8-7(11)4-13-9(12)15-8/h4H,2-3,5-6H2,1H3,(H3,12,13,14,15). The first-order chi connectivity index (χ1) is 8.15. The average Bonchev–Trinajstić information content (AvgIpc) is 2.80. The van der Waals surface area contributed by atoms with Gasteiger partial charge in [-0.25, -0.2) is 4.98 Å². The molecule has 0 saturated carbocycles. The van der Waals surface area contributed by atoms with Crippen LogP contribution in [-0.2, 0) is 9.47 Å². The van der Waals surface area contributed by atoms with Crippen molar-refractivity contribution in [2.24, 2.45) is 0 Å². The normalized spacial score (nSPS) is 23.9. The number of nitrogens with two attached hydrogens (primary N) is 1. The summed E-state index contributed by atoms with van der Waals surface area (Å²) in [6, 6.07) is 0. The number of ether oxygens (including phenoxy) is 2. The Labute approximate surface area is 104 Å². The van der Waals surface area contributed by atoms with E-state index < -0.39 is 0 Å². The quantitative estimate of drug-likeness (QED) is 0.836. The highest BCUT2D eigenvalue weighted by Gasteiger charge is 2.34. The molecule has 1 aliphatic rings. The first-order valence-electron chi connectivity index (χ1n) is 5.30. The van der Waals surface area contributed by atoms with Gasteiger partial charge in [-0.1, -0.05) is 11.6 Å². The summed E-state index contributed by atoms with van der Waals surface area (Å²) in [5, 5.41) is 3.55. The Balaban J connectivity index is 2.03. The molecule has 0 aliphatic carbocycles. The molecule has 0 spiro atoms. The minimum atomic E-state index is -0.316. The zero-order valence-corrected chi connectivity index (χ0v) is 10.3. The Hall–Kier alpha value is -1.11. The van der Waals surface area contributed by atoms with Gasteiger partial charge in [0.15, 0.2) is 5.82 Å². The molecule has 1 aliphatic heterocycles. The minimum absolute atomic E-state index is 0.186. The Morgan fingerprint density at radius 1 is 1.71 bits per heavy atom. The topological polar surface area (TPSA) is 82.3 Å². The van der Waals surface area contributed by atoms with Crippen LogP contribution in [0.5, 0.6) is 0 Å². The van der Waals surface area contributed by atoms with Gasteiger partial charge in [0, 0.05) is 26.7 Å². The number of hydrogen-bond donors (Lipinski definition) is 2. The molecule has 1 aromatic heterocycles. The van der Waals surface area contributed by atoms with Crippen molar-refractivity contribution < 1.29 is 9.47 Å². The van der Waals surface area contributed by atoms with Crippen molar-refractivity contribution >= 4 is 23.4 Å². The highest BCUT2D eigenvalue weighted by Crippen LogP contribution is 2.25. The van der Waals surface area contributed by atoms with Crippen molar-refractivity contribution in [1.29, 1.82) is 0 Å². The summed E-state index contributed by atoms with van der Waals surface area (Å²) in [5.41, 5.74) is 5.18. The Morgan fingerprint density at radius 3 is 3.18 bits per heavy atom. The SMILES string of the molecule is COC1(CNc2nc(N)ncc2Cl)CCOC1. The average molecular weight is 259 g/mol. The number of anilines is 2. The molecule has 1 saturated heterocycles. The van der Waals surface area contributed by atoms with Crippen molar-refractivity contribution in [2.75, 3.05) is 37.9 Å². The van der Waals surface area contributed by atoms with E-state index in [0.29, 0.717) is 30.6 Å². The van der Waals surface area contributed by atoms with Gasteiger partial charge >= 0.3 is 0 Å². The third kappa shape index (κ3) is 2.77. The van der Waals surface area contributed by atoms with Crippen molar-refractivity contribution in [3.05, 3.63) is 11.2 Å². The number of aromatic nitrogens is 2. The monoisotopic (exact) mass is 258 g/mol. The summed E-state index contributed by atoms with van der Waals surface area (Å²) in [6.45, 7) is 1.84. The predicted octanol–water partition coefficient (Wildman–Crippen LogP) is 0.930. The van der Waals surface area contributed by atoms with E-state index in [1.54, 1.807) is 7.11 Å². The first-order valence-corrected chi connectivity index (χ1v) is 5.68. The summed E-state index contributed by atoms with van der Waals surface area (Å²) >= 11 is 5.96. The predicted molar refractivity (Wildman–Crippen MR) is 65.1 cm³/mol. The van der Waals surface area contributed by atoms with Gasteiger partial charge in [-0.05, 0) is 0 Å². The molecule has 6 nitrogen and oxygen atoms in total. The van der Waals surface area contributed by atoms with E-state index in [1.807, 2.05) is 0 Å². The molecule has 1 unspecified atom stereocenters. The number of rotatable bonds is 4. The highest BCUT2D eigenvalue weighted by atomic mass is 35.5. The van der Waals surface area contributed by atoms with Gasteiger partial charge in [0.05, 0.1) is 12.8 Å². The second kappa shape index (κ2) is 5.03. The minimum Gasteiger partial charge on any atom is -0.378 e. The Kier molecular flexibility index (Phi) is 3.66. The van der Waals surface area contributed by atoms with Crippen LogP contribution in [0.25, 0.3) is 0 Å². The van der Waals surface area contributed by atoms with Gasteiger partial charge in [0.2, 0.25) is 5.95 Å². The van der Waals surface area contributed by atoms with E-state index >= 15 is 0 Å². The lowest BCUT2D eigenvalue weighted by atomic mass is 10.0. The summed E-state index contributed by atoms with van der Waals surface area (Å²) in [7, 11) is 1.67. The smallest absolute Gasteiger partial charge is 0.222 e. The molecule has 1 fully saturated rings. The summed E-state index contributed by atoms with van der Waals surface area (Å²) < 4.78 is 10.8. The van der Waals surface area contributed by atoms with E-state index in [4.69, 9.17) is 26.8 Å². The number of hydrogen-bond acceptors (Lipinski definition) is 6. The zero-order valence-electron chi connectivity index (χ0n) is 9.57. The fourth-order valence-corrected chi connectivity index (χ4v) is 1.87. The molecule has 7 heteroatoms. The molecule has 94 valence electrons.